The van der Waals surface area contributed by atoms with E-state index in [2.05, 4.69) is 180 Å². The highest BCUT2D eigenvalue weighted by molar-refractivity contribution is 6.25. The topological polar surface area (TPSA) is 43.1 Å². The Morgan fingerprint density at radius 2 is 0.943 bits per heavy atom. The lowest BCUT2D eigenvalue weighted by Crippen LogP contribution is -1.97. The van der Waals surface area contributed by atoms with Crippen LogP contribution in [0.3, 0.4) is 0 Å². The number of nitrogens with zero attached hydrogens (tertiary/aromatic N) is 4. The standard InChI is InChI=1S/C49H30N4/c1-2-12-31(13-3-1)34-23-25-40-42(28-34)43-29-35(24-26-41(43)48-47(40)52-46-22-8-9-27-53(46)48)49-50-44(38-20-10-16-32-14-4-6-18-36(32)38)30-45(51-49)39-21-11-17-33-15-5-7-19-37(33)39/h1-30H. The van der Waals surface area contributed by atoms with Gasteiger partial charge in [0.25, 0.3) is 0 Å². The summed E-state index contributed by atoms with van der Waals surface area (Å²) < 4.78 is 2.21. The summed E-state index contributed by atoms with van der Waals surface area (Å²) in [6.45, 7) is 0. The van der Waals surface area contributed by atoms with Crippen molar-refractivity contribution in [3.8, 4) is 45.0 Å². The molecule has 3 heterocycles. The van der Waals surface area contributed by atoms with E-state index in [1.807, 2.05) is 6.07 Å². The molecule has 4 nitrogen and oxygen atoms in total. The molecule has 0 radical (unpaired) electrons. The zero-order chi connectivity index (χ0) is 34.9. The molecule has 0 aliphatic rings. The van der Waals surface area contributed by atoms with Crippen LogP contribution in [0.15, 0.2) is 182 Å². The van der Waals surface area contributed by atoms with Gasteiger partial charge < -0.3 is 0 Å². The molecular formula is C49H30N4. The van der Waals surface area contributed by atoms with Gasteiger partial charge in [0.05, 0.1) is 22.4 Å². The molecule has 246 valence electrons. The van der Waals surface area contributed by atoms with Crippen molar-refractivity contribution in [2.45, 2.75) is 0 Å². The van der Waals surface area contributed by atoms with Crippen LogP contribution in [-0.4, -0.2) is 19.4 Å². The number of hydrogen-bond acceptors (Lipinski definition) is 3. The van der Waals surface area contributed by atoms with Crippen LogP contribution < -0.4 is 0 Å². The zero-order valence-electron chi connectivity index (χ0n) is 28.6. The van der Waals surface area contributed by atoms with E-state index < -0.39 is 0 Å². The molecule has 53 heavy (non-hydrogen) atoms. The summed E-state index contributed by atoms with van der Waals surface area (Å²) in [6.07, 6.45) is 2.11. The lowest BCUT2D eigenvalue weighted by Gasteiger charge is -2.14. The van der Waals surface area contributed by atoms with Gasteiger partial charge in [-0.1, -0.05) is 146 Å². The summed E-state index contributed by atoms with van der Waals surface area (Å²) in [5, 5.41) is 9.24. The summed E-state index contributed by atoms with van der Waals surface area (Å²) >= 11 is 0. The molecule has 11 rings (SSSR count). The van der Waals surface area contributed by atoms with E-state index in [0.29, 0.717) is 5.82 Å². The largest absolute Gasteiger partial charge is 0.299 e. The van der Waals surface area contributed by atoms with Gasteiger partial charge in [0.1, 0.15) is 5.65 Å². The zero-order valence-corrected chi connectivity index (χ0v) is 28.6. The van der Waals surface area contributed by atoms with E-state index in [4.69, 9.17) is 15.0 Å². The van der Waals surface area contributed by atoms with Crippen LogP contribution in [0.5, 0.6) is 0 Å². The van der Waals surface area contributed by atoms with Gasteiger partial charge in [-0.3, -0.25) is 4.40 Å². The summed E-state index contributed by atoms with van der Waals surface area (Å²) in [4.78, 5) is 15.9. The SMILES string of the molecule is c1ccc(-c2ccc3c(c2)c2cc(-c4nc(-c5cccc6ccccc56)cc(-c5cccc6ccccc56)n4)ccc2c2c3nc3ccccn32)cc1. The highest BCUT2D eigenvalue weighted by Gasteiger charge is 2.18. The minimum Gasteiger partial charge on any atom is -0.299 e. The molecule has 0 atom stereocenters. The summed E-state index contributed by atoms with van der Waals surface area (Å²) in [6, 6.07) is 62.3. The average Bonchev–Trinajstić information content (AvgIpc) is 3.63. The predicted octanol–water partition coefficient (Wildman–Crippen LogP) is 12.6. The van der Waals surface area contributed by atoms with Crippen LogP contribution in [0.2, 0.25) is 0 Å². The first kappa shape index (κ1) is 29.5. The molecule has 0 saturated heterocycles. The van der Waals surface area contributed by atoms with Crippen molar-refractivity contribution in [1.29, 1.82) is 0 Å². The Morgan fingerprint density at radius 3 is 1.68 bits per heavy atom. The number of fused-ring (bicyclic) bond motifs is 10. The fourth-order valence-electron chi connectivity index (χ4n) is 8.09. The van der Waals surface area contributed by atoms with Gasteiger partial charge in [-0.2, -0.15) is 0 Å². The lowest BCUT2D eigenvalue weighted by molar-refractivity contribution is 1.19. The van der Waals surface area contributed by atoms with Crippen LogP contribution in [0.4, 0.5) is 0 Å². The Labute approximate surface area is 305 Å². The predicted molar refractivity (Wildman–Crippen MR) is 220 cm³/mol. The third-order valence-corrected chi connectivity index (χ3v) is 10.6. The second kappa shape index (κ2) is 11.7. The second-order valence-corrected chi connectivity index (χ2v) is 13.6. The Bertz CT molecular complexity index is 3130. The van der Waals surface area contributed by atoms with Crippen molar-refractivity contribution in [2.24, 2.45) is 0 Å². The van der Waals surface area contributed by atoms with Crippen LogP contribution in [0.1, 0.15) is 0 Å². The number of aromatic nitrogens is 4. The number of imidazole rings is 1. The average molecular weight is 675 g/mol. The number of hydrogen-bond donors (Lipinski definition) is 0. The highest BCUT2D eigenvalue weighted by atomic mass is 15.0. The first-order valence-electron chi connectivity index (χ1n) is 17.9. The van der Waals surface area contributed by atoms with Crippen molar-refractivity contribution in [3.05, 3.63) is 182 Å². The smallest absolute Gasteiger partial charge is 0.160 e. The molecule has 0 bridgehead atoms. The molecule has 8 aromatic carbocycles. The monoisotopic (exact) mass is 674 g/mol. The molecule has 3 aromatic heterocycles. The van der Waals surface area contributed by atoms with Gasteiger partial charge in [-0.05, 0) is 73.8 Å². The maximum absolute atomic E-state index is 5.36. The van der Waals surface area contributed by atoms with E-state index in [0.717, 1.165) is 77.1 Å². The fourth-order valence-corrected chi connectivity index (χ4v) is 8.09. The third-order valence-electron chi connectivity index (χ3n) is 10.6. The molecule has 0 saturated carbocycles. The summed E-state index contributed by atoms with van der Waals surface area (Å²) in [5.74, 6) is 0.686. The van der Waals surface area contributed by atoms with Gasteiger partial charge in [-0.25, -0.2) is 15.0 Å². The van der Waals surface area contributed by atoms with Crippen molar-refractivity contribution in [2.75, 3.05) is 0 Å². The molecular weight excluding hydrogens is 645 g/mol. The molecule has 0 amide bonds. The van der Waals surface area contributed by atoms with E-state index in [1.165, 1.54) is 21.9 Å². The van der Waals surface area contributed by atoms with Crippen LogP contribution in [0.25, 0.3) is 105 Å². The molecule has 0 N–H and O–H groups in total. The molecule has 0 aliphatic heterocycles. The normalized spacial score (nSPS) is 11.8. The van der Waals surface area contributed by atoms with E-state index >= 15 is 0 Å². The van der Waals surface area contributed by atoms with Gasteiger partial charge in [-0.15, -0.1) is 0 Å². The van der Waals surface area contributed by atoms with Crippen molar-refractivity contribution in [1.82, 2.24) is 19.4 Å². The summed E-state index contributed by atoms with van der Waals surface area (Å²) in [7, 11) is 0. The Morgan fingerprint density at radius 1 is 0.358 bits per heavy atom. The highest BCUT2D eigenvalue weighted by Crippen LogP contribution is 2.40. The first-order chi connectivity index (χ1) is 26.3. The minimum absolute atomic E-state index is 0.686. The minimum atomic E-state index is 0.686. The number of pyridine rings is 1. The maximum atomic E-state index is 5.36. The molecule has 0 fully saturated rings. The first-order valence-corrected chi connectivity index (χ1v) is 17.9. The maximum Gasteiger partial charge on any atom is 0.160 e. The summed E-state index contributed by atoms with van der Waals surface area (Å²) in [5.41, 5.74) is 10.3. The van der Waals surface area contributed by atoms with Gasteiger partial charge in [0, 0.05) is 33.7 Å². The van der Waals surface area contributed by atoms with Crippen LogP contribution in [-0.2, 0) is 0 Å². The lowest BCUT2D eigenvalue weighted by atomic mass is 9.94. The van der Waals surface area contributed by atoms with Gasteiger partial charge in [0.2, 0.25) is 0 Å². The van der Waals surface area contributed by atoms with E-state index in [-0.39, 0.29) is 0 Å². The Balaban J connectivity index is 1.22. The molecule has 0 unspecified atom stereocenters. The van der Waals surface area contributed by atoms with Crippen LogP contribution >= 0.6 is 0 Å². The van der Waals surface area contributed by atoms with E-state index in [9.17, 15) is 0 Å². The molecule has 0 spiro atoms. The van der Waals surface area contributed by atoms with Crippen molar-refractivity contribution in [3.63, 3.8) is 0 Å². The Kier molecular flexibility index (Phi) is 6.52. The number of benzene rings is 8. The van der Waals surface area contributed by atoms with Gasteiger partial charge in [0.15, 0.2) is 5.82 Å². The van der Waals surface area contributed by atoms with Crippen LogP contribution in [0, 0.1) is 0 Å². The van der Waals surface area contributed by atoms with E-state index in [1.54, 1.807) is 0 Å². The quantitative estimate of drug-likeness (QED) is 0.175. The third kappa shape index (κ3) is 4.73. The molecule has 4 heteroatoms. The Hall–Kier alpha value is -7.17. The van der Waals surface area contributed by atoms with Crippen molar-refractivity contribution < 1.29 is 0 Å². The van der Waals surface area contributed by atoms with Gasteiger partial charge >= 0.3 is 0 Å². The fraction of sp³-hybridized carbons (Fsp3) is 0. The van der Waals surface area contributed by atoms with Crippen molar-refractivity contribution >= 4 is 59.8 Å². The molecule has 11 aromatic rings. The molecule has 0 aliphatic carbocycles. The number of rotatable bonds is 4. The second-order valence-electron chi connectivity index (χ2n) is 13.6.